The third-order valence-electron chi connectivity index (χ3n) is 4.66. The Bertz CT molecular complexity index is 740. The van der Waals surface area contributed by atoms with E-state index in [2.05, 4.69) is 4.98 Å². The highest BCUT2D eigenvalue weighted by molar-refractivity contribution is 5.94. The summed E-state index contributed by atoms with van der Waals surface area (Å²) >= 11 is 0. The summed E-state index contributed by atoms with van der Waals surface area (Å²) in [5.41, 5.74) is 1.16. The number of rotatable bonds is 5. The van der Waals surface area contributed by atoms with Crippen LogP contribution in [0, 0.1) is 0 Å². The van der Waals surface area contributed by atoms with E-state index in [1.54, 1.807) is 12.1 Å². The lowest BCUT2D eigenvalue weighted by Gasteiger charge is -2.34. The van der Waals surface area contributed by atoms with Crippen molar-refractivity contribution in [3.63, 3.8) is 0 Å². The van der Waals surface area contributed by atoms with Gasteiger partial charge in [-0.3, -0.25) is 4.79 Å². The molecule has 1 fully saturated rings. The van der Waals surface area contributed by atoms with Gasteiger partial charge in [0, 0.05) is 12.6 Å². The van der Waals surface area contributed by atoms with Gasteiger partial charge in [-0.15, -0.1) is 0 Å². The van der Waals surface area contributed by atoms with Crippen LogP contribution in [0.15, 0.2) is 48.5 Å². The van der Waals surface area contributed by atoms with Gasteiger partial charge >= 0.3 is 5.97 Å². The zero-order chi connectivity index (χ0) is 17.6. The maximum absolute atomic E-state index is 13.1. The van der Waals surface area contributed by atoms with Crippen LogP contribution in [0.3, 0.4) is 0 Å². The Hall–Kier alpha value is -2.69. The van der Waals surface area contributed by atoms with E-state index in [4.69, 9.17) is 5.11 Å². The quantitative estimate of drug-likeness (QED) is 0.901. The molecule has 0 bridgehead atoms. The minimum absolute atomic E-state index is 0.103. The molecule has 2 aromatic rings. The molecule has 1 aromatic heterocycles. The smallest absolute Gasteiger partial charge is 0.354 e. The lowest BCUT2D eigenvalue weighted by Crippen LogP contribution is -2.41. The molecule has 5 nitrogen and oxygen atoms in total. The maximum atomic E-state index is 13.1. The van der Waals surface area contributed by atoms with Gasteiger partial charge < -0.3 is 10.0 Å². The lowest BCUT2D eigenvalue weighted by atomic mass is 9.93. The number of aromatic nitrogens is 1. The number of hydrogen-bond acceptors (Lipinski definition) is 3. The fraction of sp³-hybridized carbons (Fsp3) is 0.350. The predicted octanol–water partition coefficient (Wildman–Crippen LogP) is 3.75. The molecule has 25 heavy (non-hydrogen) atoms. The molecule has 3 rings (SSSR count). The van der Waals surface area contributed by atoms with Crippen molar-refractivity contribution >= 4 is 11.9 Å². The van der Waals surface area contributed by atoms with Gasteiger partial charge in [0.25, 0.3) is 5.91 Å². The van der Waals surface area contributed by atoms with Crippen LogP contribution in [0.2, 0.25) is 0 Å². The molecule has 1 saturated carbocycles. The first kappa shape index (κ1) is 17.1. The van der Waals surface area contributed by atoms with Crippen molar-refractivity contribution in [3.05, 3.63) is 65.5 Å². The molecule has 1 N–H and O–H groups in total. The van der Waals surface area contributed by atoms with E-state index in [1.165, 1.54) is 12.5 Å². The first-order chi connectivity index (χ1) is 12.1. The Morgan fingerprint density at radius 3 is 2.32 bits per heavy atom. The van der Waals surface area contributed by atoms with Gasteiger partial charge in [-0.1, -0.05) is 55.7 Å². The van der Waals surface area contributed by atoms with E-state index in [0.29, 0.717) is 6.54 Å². The zero-order valence-electron chi connectivity index (χ0n) is 14.1. The Morgan fingerprint density at radius 2 is 1.64 bits per heavy atom. The number of carbonyl (C=O) groups is 2. The fourth-order valence-electron chi connectivity index (χ4n) is 3.36. The average molecular weight is 338 g/mol. The van der Waals surface area contributed by atoms with Crippen LogP contribution in [0.4, 0.5) is 0 Å². The summed E-state index contributed by atoms with van der Waals surface area (Å²) in [6.07, 6.45) is 5.41. The molecule has 1 amide bonds. The van der Waals surface area contributed by atoms with Crippen LogP contribution in [-0.4, -0.2) is 32.9 Å². The molecule has 0 saturated heterocycles. The molecule has 5 heteroatoms. The van der Waals surface area contributed by atoms with E-state index < -0.39 is 5.97 Å². The normalized spacial score (nSPS) is 14.9. The molecule has 0 radical (unpaired) electrons. The SMILES string of the molecule is O=C(O)c1cccc(C(=O)N(Cc2ccccc2)C2CCCCC2)n1. The van der Waals surface area contributed by atoms with Gasteiger partial charge in [0.15, 0.2) is 0 Å². The first-order valence-electron chi connectivity index (χ1n) is 8.70. The number of aromatic carboxylic acids is 1. The molecule has 1 aromatic carbocycles. The molecule has 1 aliphatic carbocycles. The summed E-state index contributed by atoms with van der Waals surface area (Å²) in [5, 5.41) is 9.13. The standard InChI is InChI=1S/C20H22N2O3/c23-19(17-12-7-13-18(21-17)20(24)25)22(16-10-5-2-6-11-16)14-15-8-3-1-4-9-15/h1,3-4,7-9,12-13,16H,2,5-6,10-11,14H2,(H,24,25). The highest BCUT2D eigenvalue weighted by Gasteiger charge is 2.27. The fourth-order valence-corrected chi connectivity index (χ4v) is 3.36. The summed E-state index contributed by atoms with van der Waals surface area (Å²) in [4.78, 5) is 30.1. The Morgan fingerprint density at radius 1 is 0.960 bits per heavy atom. The summed E-state index contributed by atoms with van der Waals surface area (Å²) in [5.74, 6) is -1.32. The van der Waals surface area contributed by atoms with Crippen LogP contribution < -0.4 is 0 Å². The number of pyridine rings is 1. The number of nitrogens with zero attached hydrogens (tertiary/aromatic N) is 2. The van der Waals surface area contributed by atoms with E-state index in [9.17, 15) is 9.59 Å². The Kier molecular flexibility index (Phi) is 5.43. The first-order valence-corrected chi connectivity index (χ1v) is 8.70. The topological polar surface area (TPSA) is 70.5 Å². The minimum atomic E-state index is -1.12. The molecular formula is C20H22N2O3. The summed E-state index contributed by atoms with van der Waals surface area (Å²) in [7, 11) is 0. The second-order valence-corrected chi connectivity index (χ2v) is 6.42. The molecule has 0 atom stereocenters. The predicted molar refractivity (Wildman–Crippen MR) is 94.4 cm³/mol. The monoisotopic (exact) mass is 338 g/mol. The third-order valence-corrected chi connectivity index (χ3v) is 4.66. The van der Waals surface area contributed by atoms with E-state index in [1.807, 2.05) is 35.2 Å². The van der Waals surface area contributed by atoms with Crippen molar-refractivity contribution in [3.8, 4) is 0 Å². The van der Waals surface area contributed by atoms with Crippen molar-refractivity contribution in [2.45, 2.75) is 44.7 Å². The average Bonchev–Trinajstić information content (AvgIpc) is 2.67. The Labute approximate surface area is 147 Å². The zero-order valence-corrected chi connectivity index (χ0v) is 14.1. The molecule has 1 aliphatic rings. The maximum Gasteiger partial charge on any atom is 0.354 e. The van der Waals surface area contributed by atoms with Crippen LogP contribution in [0.1, 0.15) is 58.6 Å². The van der Waals surface area contributed by atoms with E-state index >= 15 is 0 Å². The minimum Gasteiger partial charge on any atom is -0.477 e. The number of carboxylic acid groups (broad SMARTS) is 1. The van der Waals surface area contributed by atoms with Crippen molar-refractivity contribution in [2.75, 3.05) is 0 Å². The summed E-state index contributed by atoms with van der Waals surface area (Å²) < 4.78 is 0. The van der Waals surface area contributed by atoms with E-state index in [0.717, 1.165) is 31.2 Å². The van der Waals surface area contributed by atoms with E-state index in [-0.39, 0.29) is 23.3 Å². The summed E-state index contributed by atoms with van der Waals surface area (Å²) in [6, 6.07) is 14.6. The molecule has 0 spiro atoms. The van der Waals surface area contributed by atoms with Crippen LogP contribution in [-0.2, 0) is 6.54 Å². The number of hydrogen-bond donors (Lipinski definition) is 1. The molecule has 1 heterocycles. The van der Waals surface area contributed by atoms with Gasteiger partial charge in [0.05, 0.1) is 0 Å². The second kappa shape index (κ2) is 7.92. The van der Waals surface area contributed by atoms with Crippen molar-refractivity contribution in [1.29, 1.82) is 0 Å². The van der Waals surface area contributed by atoms with Gasteiger partial charge in [-0.05, 0) is 30.5 Å². The van der Waals surface area contributed by atoms with Crippen LogP contribution >= 0.6 is 0 Å². The van der Waals surface area contributed by atoms with Gasteiger partial charge in [-0.25, -0.2) is 9.78 Å². The largest absolute Gasteiger partial charge is 0.477 e. The number of benzene rings is 1. The highest BCUT2D eigenvalue weighted by atomic mass is 16.4. The number of amides is 1. The van der Waals surface area contributed by atoms with Crippen molar-refractivity contribution in [1.82, 2.24) is 9.88 Å². The Balaban J connectivity index is 1.88. The number of carbonyl (C=O) groups excluding carboxylic acids is 1. The summed E-state index contributed by atoms with van der Waals surface area (Å²) in [6.45, 7) is 0.517. The van der Waals surface area contributed by atoms with Gasteiger partial charge in [-0.2, -0.15) is 0 Å². The van der Waals surface area contributed by atoms with Crippen molar-refractivity contribution < 1.29 is 14.7 Å². The van der Waals surface area contributed by atoms with Gasteiger partial charge in [0.2, 0.25) is 0 Å². The lowest BCUT2D eigenvalue weighted by molar-refractivity contribution is 0.0607. The van der Waals surface area contributed by atoms with Crippen LogP contribution in [0.5, 0.6) is 0 Å². The third kappa shape index (κ3) is 4.24. The second-order valence-electron chi connectivity index (χ2n) is 6.42. The highest BCUT2D eigenvalue weighted by Crippen LogP contribution is 2.25. The molecule has 0 aliphatic heterocycles. The van der Waals surface area contributed by atoms with Crippen LogP contribution in [0.25, 0.3) is 0 Å². The number of carboxylic acids is 1. The van der Waals surface area contributed by atoms with Crippen molar-refractivity contribution in [2.24, 2.45) is 0 Å². The molecular weight excluding hydrogens is 316 g/mol. The van der Waals surface area contributed by atoms with Gasteiger partial charge in [0.1, 0.15) is 11.4 Å². The molecule has 130 valence electrons. The molecule has 0 unspecified atom stereocenters.